The van der Waals surface area contributed by atoms with Gasteiger partial charge in [-0.15, -0.1) is 0 Å². The van der Waals surface area contributed by atoms with E-state index in [0.717, 1.165) is 5.69 Å². The molecule has 11 nitrogen and oxygen atoms in total. The van der Waals surface area contributed by atoms with Gasteiger partial charge in [-0.1, -0.05) is 20.8 Å². The van der Waals surface area contributed by atoms with E-state index in [1.807, 2.05) is 6.92 Å². The summed E-state index contributed by atoms with van der Waals surface area (Å²) in [6, 6.07) is 13.6. The Hall–Kier alpha value is -4.03. The van der Waals surface area contributed by atoms with Crippen molar-refractivity contribution < 1.29 is 37.9 Å². The van der Waals surface area contributed by atoms with Crippen LogP contribution in [0, 0.1) is 5.92 Å². The second-order valence-electron chi connectivity index (χ2n) is 13.0. The number of Topliss-reactive ketones (excluding diaryl/α,β-unsaturated/α-hetero) is 2. The Morgan fingerprint density at radius 2 is 1.36 bits per heavy atom. The molecule has 0 spiro atoms. The van der Waals surface area contributed by atoms with E-state index in [9.17, 15) is 24.0 Å². The van der Waals surface area contributed by atoms with Gasteiger partial charge in [0.2, 0.25) is 5.91 Å². The van der Waals surface area contributed by atoms with Crippen LogP contribution in [0.4, 0.5) is 21.0 Å². The zero-order valence-electron chi connectivity index (χ0n) is 27.0. The smallest absolute Gasteiger partial charge is 0.414 e. The summed E-state index contributed by atoms with van der Waals surface area (Å²) >= 11 is 0. The van der Waals surface area contributed by atoms with Crippen LogP contribution < -0.4 is 15.1 Å². The van der Waals surface area contributed by atoms with Gasteiger partial charge in [-0.25, -0.2) is 9.59 Å². The first-order chi connectivity index (χ1) is 21.1. The number of cyclic esters (lactones) is 2. The molecule has 3 aliphatic heterocycles. The van der Waals surface area contributed by atoms with Crippen LogP contribution in [0.2, 0.25) is 18.1 Å². The van der Waals surface area contributed by atoms with Gasteiger partial charge in [-0.05, 0) is 80.5 Å². The number of β-lactam (4-membered cyclic amide) rings is 1. The minimum absolute atomic E-state index is 0.0190. The van der Waals surface area contributed by atoms with Gasteiger partial charge in [-0.2, -0.15) is 0 Å². The van der Waals surface area contributed by atoms with Gasteiger partial charge in [0.25, 0.3) is 0 Å². The lowest BCUT2D eigenvalue weighted by Crippen LogP contribution is -2.64. The fourth-order valence-corrected chi connectivity index (χ4v) is 6.59. The number of carbonyl (C=O) groups is 5. The maximum absolute atomic E-state index is 12.8. The normalized spacial score (nSPS) is 20.4. The van der Waals surface area contributed by atoms with Crippen molar-refractivity contribution in [3.63, 3.8) is 0 Å². The molecule has 3 heterocycles. The van der Waals surface area contributed by atoms with Crippen LogP contribution in [0.5, 0.6) is 0 Å². The molecule has 2 aromatic rings. The predicted octanol–water partition coefficient (Wildman–Crippen LogP) is 5.59. The van der Waals surface area contributed by atoms with E-state index in [1.54, 1.807) is 53.4 Å². The molecule has 2 aromatic carbocycles. The van der Waals surface area contributed by atoms with Crippen molar-refractivity contribution in [2.45, 2.75) is 71.3 Å². The average Bonchev–Trinajstić information content (AvgIpc) is 3.59. The standard InChI is InChI=1S/C22H32N2O5Si.C11H11NO3/c1-14(29-30(5,6)22(2,3)4)19-17(23-20(19)26)13-18(25)15-7-9-16(10-8-15)24-11-12-28-21(24)27;1-8(13)9-2-4-10(5-3-9)12-6-7-15-11(12)14/h7-10,14,17,19H,11-13H2,1-6H3,(H,23,26);2-5H,6-7H2,1H3/t14-,17-,19-;/m1./s1. The minimum atomic E-state index is -2.01. The van der Waals surface area contributed by atoms with E-state index in [4.69, 9.17) is 13.9 Å². The van der Waals surface area contributed by atoms with Gasteiger partial charge < -0.3 is 19.2 Å². The minimum Gasteiger partial charge on any atom is -0.447 e. The van der Waals surface area contributed by atoms with Gasteiger partial charge >= 0.3 is 12.2 Å². The van der Waals surface area contributed by atoms with E-state index in [0.29, 0.717) is 43.1 Å². The summed E-state index contributed by atoms with van der Waals surface area (Å²) in [5, 5.41) is 2.92. The molecule has 3 saturated heterocycles. The third kappa shape index (κ3) is 7.80. The Kier molecular flexibility index (Phi) is 10.2. The lowest BCUT2D eigenvalue weighted by Gasteiger charge is -2.45. The maximum atomic E-state index is 12.8. The molecular weight excluding hydrogens is 594 g/mol. The molecule has 1 N–H and O–H groups in total. The third-order valence-corrected chi connectivity index (χ3v) is 13.4. The van der Waals surface area contributed by atoms with Crippen LogP contribution in [-0.2, 0) is 18.7 Å². The van der Waals surface area contributed by atoms with E-state index < -0.39 is 8.32 Å². The molecule has 0 saturated carbocycles. The molecule has 3 fully saturated rings. The van der Waals surface area contributed by atoms with Gasteiger partial charge in [-0.3, -0.25) is 24.2 Å². The molecule has 5 rings (SSSR count). The molecule has 12 heteroatoms. The number of nitrogens with one attached hydrogen (secondary N) is 1. The fourth-order valence-electron chi connectivity index (χ4n) is 5.17. The highest BCUT2D eigenvalue weighted by molar-refractivity contribution is 6.74. The number of ether oxygens (including phenoxy) is 2. The van der Waals surface area contributed by atoms with Gasteiger partial charge in [0.05, 0.1) is 31.2 Å². The number of hydrogen-bond acceptors (Lipinski definition) is 8. The second kappa shape index (κ2) is 13.5. The van der Waals surface area contributed by atoms with Gasteiger partial charge in [0, 0.05) is 28.9 Å². The van der Waals surface area contributed by atoms with Gasteiger partial charge in [0.15, 0.2) is 19.9 Å². The van der Waals surface area contributed by atoms with E-state index >= 15 is 0 Å². The highest BCUT2D eigenvalue weighted by Crippen LogP contribution is 2.39. The van der Waals surface area contributed by atoms with E-state index in [-0.39, 0.29) is 59.2 Å². The number of ketones is 2. The number of anilines is 2. The molecule has 0 unspecified atom stereocenters. The van der Waals surface area contributed by atoms with Crippen molar-refractivity contribution in [1.82, 2.24) is 5.32 Å². The van der Waals surface area contributed by atoms with Crippen LogP contribution >= 0.6 is 0 Å². The predicted molar refractivity (Wildman–Crippen MR) is 172 cm³/mol. The first-order valence-corrected chi connectivity index (χ1v) is 18.1. The monoisotopic (exact) mass is 637 g/mol. The molecule has 45 heavy (non-hydrogen) atoms. The largest absolute Gasteiger partial charge is 0.447 e. The Balaban J connectivity index is 0.000000256. The molecule has 3 atom stereocenters. The summed E-state index contributed by atoms with van der Waals surface area (Å²) in [5.41, 5.74) is 2.68. The highest BCUT2D eigenvalue weighted by Gasteiger charge is 2.48. The van der Waals surface area contributed by atoms with Gasteiger partial charge in [0.1, 0.15) is 13.2 Å². The lowest BCUT2D eigenvalue weighted by atomic mass is 9.82. The Morgan fingerprint density at radius 1 is 0.889 bits per heavy atom. The zero-order valence-corrected chi connectivity index (χ0v) is 28.0. The summed E-state index contributed by atoms with van der Waals surface area (Å²) < 4.78 is 16.2. The summed E-state index contributed by atoms with van der Waals surface area (Å²) in [6.07, 6.45) is -0.705. The van der Waals surface area contributed by atoms with Crippen molar-refractivity contribution in [2.24, 2.45) is 5.92 Å². The molecule has 3 amide bonds. The number of hydrogen-bond donors (Lipinski definition) is 1. The molecule has 3 aliphatic rings. The van der Waals surface area contributed by atoms with E-state index in [1.165, 1.54) is 11.8 Å². The van der Waals surface area contributed by atoms with Crippen molar-refractivity contribution in [3.8, 4) is 0 Å². The number of benzene rings is 2. The first kappa shape index (κ1) is 33.9. The van der Waals surface area contributed by atoms with Crippen molar-refractivity contribution in [3.05, 3.63) is 59.7 Å². The summed E-state index contributed by atoms with van der Waals surface area (Å²) in [5.74, 6) is -0.394. The number of carbonyl (C=O) groups excluding carboxylic acids is 5. The lowest BCUT2D eigenvalue weighted by molar-refractivity contribution is -0.139. The Morgan fingerprint density at radius 3 is 1.73 bits per heavy atom. The molecule has 242 valence electrons. The number of amides is 3. The van der Waals surface area contributed by atoms with Crippen molar-refractivity contribution in [1.29, 1.82) is 0 Å². The van der Waals surface area contributed by atoms with Crippen molar-refractivity contribution >= 4 is 49.4 Å². The van der Waals surface area contributed by atoms with Crippen LogP contribution in [-0.4, -0.2) is 76.4 Å². The topological polar surface area (TPSA) is 132 Å². The number of nitrogens with zero attached hydrogens (tertiary/aromatic N) is 2. The Bertz CT molecular complexity index is 1440. The average molecular weight is 638 g/mol. The van der Waals surface area contributed by atoms with Crippen molar-refractivity contribution in [2.75, 3.05) is 36.1 Å². The van der Waals surface area contributed by atoms with E-state index in [2.05, 4.69) is 39.2 Å². The zero-order chi connectivity index (χ0) is 33.1. The molecule has 0 aromatic heterocycles. The summed E-state index contributed by atoms with van der Waals surface area (Å²) in [7, 11) is -2.01. The summed E-state index contributed by atoms with van der Waals surface area (Å²) in [4.78, 5) is 62.0. The highest BCUT2D eigenvalue weighted by atomic mass is 28.4. The van der Waals surface area contributed by atoms with Crippen LogP contribution in [0.1, 0.15) is 61.8 Å². The first-order valence-electron chi connectivity index (χ1n) is 15.2. The molecule has 0 aliphatic carbocycles. The van der Waals surface area contributed by atoms with Crippen LogP contribution in [0.3, 0.4) is 0 Å². The Labute approximate surface area is 265 Å². The SMILES string of the molecule is CC(=O)c1ccc(N2CCOC2=O)cc1.C[C@@H](O[Si](C)(C)C(C)(C)C)[C@H]1C(=O)N[C@@H]1CC(=O)c1ccc(N2CCOC2=O)cc1. The fraction of sp³-hybridized carbons (Fsp3) is 0.485. The quantitative estimate of drug-likeness (QED) is 0.214. The maximum Gasteiger partial charge on any atom is 0.414 e. The van der Waals surface area contributed by atoms with Crippen LogP contribution in [0.15, 0.2) is 48.5 Å². The molecular formula is C33H43N3O8Si. The second-order valence-corrected chi connectivity index (χ2v) is 17.8. The third-order valence-electron chi connectivity index (χ3n) is 8.87. The number of rotatable bonds is 9. The molecule has 0 radical (unpaired) electrons. The van der Waals surface area contributed by atoms with Crippen LogP contribution in [0.25, 0.3) is 0 Å². The summed E-state index contributed by atoms with van der Waals surface area (Å²) in [6.45, 7) is 16.1. The molecule has 0 bridgehead atoms.